The molecule has 0 atom stereocenters. The van der Waals surface area contributed by atoms with Crippen molar-refractivity contribution >= 4 is 37.6 Å². The smallest absolute Gasteiger partial charge is 0.175 e. The molecule has 1 saturated heterocycles. The van der Waals surface area contributed by atoms with E-state index in [1.165, 1.54) is 19.1 Å². The molecule has 0 amide bonds. The number of fused-ring (bicyclic) bond motifs is 3. The molecule has 2 aromatic carbocycles. The van der Waals surface area contributed by atoms with E-state index in [1.807, 2.05) is 19.1 Å². The van der Waals surface area contributed by atoms with Gasteiger partial charge in [0.25, 0.3) is 0 Å². The van der Waals surface area contributed by atoms with Crippen LogP contribution in [0.5, 0.6) is 0 Å². The number of aromatic amines is 1. The van der Waals surface area contributed by atoms with Gasteiger partial charge in [-0.05, 0) is 67.5 Å². The van der Waals surface area contributed by atoms with Gasteiger partial charge in [0.05, 0.1) is 23.5 Å². The van der Waals surface area contributed by atoms with E-state index in [0.717, 1.165) is 83.6 Å². The zero-order valence-electron chi connectivity index (χ0n) is 21.3. The molecule has 194 valence electrons. The number of nitrogens with zero attached hydrogens (tertiary/aromatic N) is 3. The van der Waals surface area contributed by atoms with Gasteiger partial charge in [0.2, 0.25) is 0 Å². The van der Waals surface area contributed by atoms with E-state index in [1.54, 1.807) is 12.4 Å². The third-order valence-corrected chi connectivity index (χ3v) is 9.15. The Labute approximate surface area is 217 Å². The molecule has 1 aliphatic heterocycles. The van der Waals surface area contributed by atoms with Crippen molar-refractivity contribution in [3.63, 3.8) is 0 Å². The maximum Gasteiger partial charge on any atom is 0.175 e. The summed E-state index contributed by atoms with van der Waals surface area (Å²) >= 11 is 0. The van der Waals surface area contributed by atoms with E-state index in [0.29, 0.717) is 17.0 Å². The number of benzene rings is 2. The number of hydrogen-bond donors (Lipinski definition) is 2. The van der Waals surface area contributed by atoms with Crippen LogP contribution in [0.3, 0.4) is 0 Å². The SMILES string of the molecule is Cc1cc(-c2ccc3[nH]c4ncnc(NC5CCC(N6CCOCC6)CC5)c4c3c2)ccc1S(C)(=O)=O. The maximum absolute atomic E-state index is 12.1. The molecule has 9 heteroatoms. The lowest BCUT2D eigenvalue weighted by Crippen LogP contribution is -2.46. The van der Waals surface area contributed by atoms with Gasteiger partial charge in [-0.1, -0.05) is 18.2 Å². The molecule has 4 aromatic rings. The Morgan fingerprint density at radius 1 is 1.00 bits per heavy atom. The van der Waals surface area contributed by atoms with Crippen molar-refractivity contribution in [1.82, 2.24) is 19.9 Å². The summed E-state index contributed by atoms with van der Waals surface area (Å²) in [5.41, 5.74) is 4.57. The van der Waals surface area contributed by atoms with Crippen LogP contribution in [0.1, 0.15) is 31.2 Å². The summed E-state index contributed by atoms with van der Waals surface area (Å²) in [4.78, 5) is 15.6. The zero-order valence-corrected chi connectivity index (χ0v) is 22.1. The van der Waals surface area contributed by atoms with Crippen LogP contribution in [0.25, 0.3) is 33.1 Å². The summed E-state index contributed by atoms with van der Waals surface area (Å²) in [7, 11) is -3.25. The maximum atomic E-state index is 12.1. The second kappa shape index (κ2) is 9.70. The third-order valence-electron chi connectivity index (χ3n) is 7.90. The van der Waals surface area contributed by atoms with Crippen LogP contribution in [0, 0.1) is 6.92 Å². The molecule has 3 heterocycles. The number of anilines is 1. The van der Waals surface area contributed by atoms with Crippen molar-refractivity contribution in [3.8, 4) is 11.1 Å². The Morgan fingerprint density at radius 3 is 2.46 bits per heavy atom. The quantitative estimate of drug-likeness (QED) is 0.399. The van der Waals surface area contributed by atoms with Crippen molar-refractivity contribution in [2.45, 2.75) is 49.6 Å². The molecule has 0 unspecified atom stereocenters. The number of ether oxygens (including phenoxy) is 1. The Morgan fingerprint density at radius 2 is 1.73 bits per heavy atom. The van der Waals surface area contributed by atoms with E-state index in [9.17, 15) is 8.42 Å². The molecule has 0 radical (unpaired) electrons. The summed E-state index contributed by atoms with van der Waals surface area (Å²) in [6.07, 6.45) is 7.48. The minimum absolute atomic E-state index is 0.368. The predicted octanol–water partition coefficient (Wildman–Crippen LogP) is 4.55. The summed E-state index contributed by atoms with van der Waals surface area (Å²) in [5, 5.41) is 5.79. The Bertz CT molecular complexity index is 1550. The van der Waals surface area contributed by atoms with Gasteiger partial charge in [0.1, 0.15) is 17.8 Å². The van der Waals surface area contributed by atoms with Crippen molar-refractivity contribution in [1.29, 1.82) is 0 Å². The minimum Gasteiger partial charge on any atom is -0.379 e. The van der Waals surface area contributed by atoms with E-state index >= 15 is 0 Å². The van der Waals surface area contributed by atoms with Gasteiger partial charge in [-0.15, -0.1) is 0 Å². The van der Waals surface area contributed by atoms with Gasteiger partial charge in [-0.2, -0.15) is 0 Å². The van der Waals surface area contributed by atoms with Crippen LogP contribution >= 0.6 is 0 Å². The lowest BCUT2D eigenvalue weighted by Gasteiger charge is -2.39. The lowest BCUT2D eigenvalue weighted by molar-refractivity contribution is 0.00791. The number of aromatic nitrogens is 3. The van der Waals surface area contributed by atoms with Gasteiger partial charge < -0.3 is 15.0 Å². The molecule has 0 spiro atoms. The molecule has 37 heavy (non-hydrogen) atoms. The normalized spacial score (nSPS) is 21.5. The number of rotatable bonds is 5. The number of nitrogens with one attached hydrogen (secondary N) is 2. The first-order chi connectivity index (χ1) is 17.9. The standard InChI is InChI=1S/C28H33N5O3S/c1-18-15-19(4-10-25(18)37(2,34)35)20-3-9-24-23(16-20)26-27(29-17-30-28(26)32-24)31-21-5-7-22(8-6-21)33-11-13-36-14-12-33/h3-4,9-10,15-17,21-22H,5-8,11-14H2,1-2H3,(H2,29,30,31,32). The highest BCUT2D eigenvalue weighted by Crippen LogP contribution is 2.35. The average molecular weight is 520 g/mol. The third kappa shape index (κ3) is 4.83. The largest absolute Gasteiger partial charge is 0.379 e. The molecule has 1 saturated carbocycles. The van der Waals surface area contributed by atoms with Crippen LogP contribution in [0.4, 0.5) is 5.82 Å². The predicted molar refractivity (Wildman–Crippen MR) is 147 cm³/mol. The summed E-state index contributed by atoms with van der Waals surface area (Å²) in [6.45, 7) is 5.63. The topological polar surface area (TPSA) is 100 Å². The summed E-state index contributed by atoms with van der Waals surface area (Å²) < 4.78 is 29.6. The van der Waals surface area contributed by atoms with Gasteiger partial charge in [-0.25, -0.2) is 18.4 Å². The highest BCUT2D eigenvalue weighted by molar-refractivity contribution is 7.90. The van der Waals surface area contributed by atoms with Crippen LogP contribution < -0.4 is 5.32 Å². The Kier molecular flexibility index (Phi) is 6.38. The van der Waals surface area contributed by atoms with Gasteiger partial charge >= 0.3 is 0 Å². The van der Waals surface area contributed by atoms with Crippen molar-refractivity contribution in [2.75, 3.05) is 37.9 Å². The molecule has 2 aromatic heterocycles. The fourth-order valence-electron chi connectivity index (χ4n) is 5.98. The number of H-pyrrole nitrogens is 1. The molecule has 2 aliphatic rings. The van der Waals surface area contributed by atoms with Crippen molar-refractivity contribution < 1.29 is 13.2 Å². The highest BCUT2D eigenvalue weighted by Gasteiger charge is 2.27. The Balaban J connectivity index is 1.28. The minimum atomic E-state index is -3.25. The van der Waals surface area contributed by atoms with Crippen LogP contribution in [0.15, 0.2) is 47.6 Å². The zero-order chi connectivity index (χ0) is 25.6. The first kappa shape index (κ1) is 24.3. The van der Waals surface area contributed by atoms with E-state index in [2.05, 4.69) is 43.4 Å². The second-order valence-corrected chi connectivity index (χ2v) is 12.4. The van der Waals surface area contributed by atoms with Crippen LogP contribution in [0.2, 0.25) is 0 Å². The number of hydrogen-bond acceptors (Lipinski definition) is 7. The molecule has 2 fully saturated rings. The molecule has 2 N–H and O–H groups in total. The molecule has 0 bridgehead atoms. The second-order valence-electron chi connectivity index (χ2n) is 10.4. The van der Waals surface area contributed by atoms with Crippen LogP contribution in [-0.4, -0.2) is 72.9 Å². The van der Waals surface area contributed by atoms with Gasteiger partial charge in [0, 0.05) is 42.3 Å². The summed E-state index contributed by atoms with van der Waals surface area (Å²) in [5.74, 6) is 0.867. The molecular weight excluding hydrogens is 486 g/mol. The monoisotopic (exact) mass is 519 g/mol. The molecule has 1 aliphatic carbocycles. The van der Waals surface area contributed by atoms with Crippen molar-refractivity contribution in [3.05, 3.63) is 48.3 Å². The first-order valence-corrected chi connectivity index (χ1v) is 14.9. The first-order valence-electron chi connectivity index (χ1n) is 13.0. The Hall–Kier alpha value is -3.01. The molecule has 6 rings (SSSR count). The van der Waals surface area contributed by atoms with Gasteiger partial charge in [0.15, 0.2) is 9.84 Å². The van der Waals surface area contributed by atoms with Crippen molar-refractivity contribution in [2.24, 2.45) is 0 Å². The molecule has 8 nitrogen and oxygen atoms in total. The van der Waals surface area contributed by atoms with E-state index in [-0.39, 0.29) is 0 Å². The lowest BCUT2D eigenvalue weighted by atomic mass is 9.90. The van der Waals surface area contributed by atoms with Crippen LogP contribution in [-0.2, 0) is 14.6 Å². The number of aryl methyl sites for hydroxylation is 1. The van der Waals surface area contributed by atoms with Gasteiger partial charge in [-0.3, -0.25) is 4.90 Å². The number of morpholine rings is 1. The number of sulfone groups is 1. The van der Waals surface area contributed by atoms with E-state index in [4.69, 9.17) is 4.74 Å². The fraction of sp³-hybridized carbons (Fsp3) is 0.429. The summed E-state index contributed by atoms with van der Waals surface area (Å²) in [6, 6.07) is 12.8. The highest BCUT2D eigenvalue weighted by atomic mass is 32.2. The fourth-order valence-corrected chi connectivity index (χ4v) is 6.94. The molecular formula is C28H33N5O3S. The average Bonchev–Trinajstić information content (AvgIpc) is 3.28. The van der Waals surface area contributed by atoms with E-state index < -0.39 is 9.84 Å².